The second kappa shape index (κ2) is 57.1. The number of carboxylic acid groups (broad SMARTS) is 1. The summed E-state index contributed by atoms with van der Waals surface area (Å²) in [5, 5.41) is 11.8. The van der Waals surface area contributed by atoms with Crippen molar-refractivity contribution in [3.05, 3.63) is 109 Å². The molecule has 0 aliphatic rings. The fourth-order valence-corrected chi connectivity index (χ4v) is 8.12. The smallest absolute Gasteiger partial charge is 0.306 e. The summed E-state index contributed by atoms with van der Waals surface area (Å²) in [6.45, 7) is 4.62. The highest BCUT2D eigenvalue weighted by Gasteiger charge is 2.22. The van der Waals surface area contributed by atoms with Crippen LogP contribution in [0.3, 0.4) is 0 Å². The largest absolute Gasteiger partial charge is 0.545 e. The van der Waals surface area contributed by atoms with Crippen LogP contribution in [0.4, 0.5) is 0 Å². The number of carboxylic acids is 1. The van der Waals surface area contributed by atoms with Crippen LogP contribution in [-0.4, -0.2) is 82.3 Å². The van der Waals surface area contributed by atoms with E-state index in [2.05, 4.69) is 123 Å². The number of nitrogens with zero attached hydrogens (tertiary/aromatic N) is 1. The molecule has 0 N–H and O–H groups in total. The molecular weight excluding hydrogens is 947 g/mol. The second-order valence-corrected chi connectivity index (χ2v) is 21.3. The number of carbonyl (C=O) groups excluding carboxylic acids is 3. The predicted octanol–water partition coefficient (Wildman–Crippen LogP) is 17.0. The molecule has 0 spiro atoms. The van der Waals surface area contributed by atoms with Crippen LogP contribution >= 0.6 is 0 Å². The van der Waals surface area contributed by atoms with Crippen LogP contribution in [-0.2, 0) is 33.3 Å². The Labute approximate surface area is 466 Å². The number of rotatable bonds is 55. The molecule has 0 aliphatic carbocycles. The first-order chi connectivity index (χ1) is 37.1. The zero-order valence-corrected chi connectivity index (χ0v) is 49.3. The quantitative estimate of drug-likeness (QED) is 0.0195. The number of quaternary nitrogens is 1. The molecule has 0 radical (unpaired) electrons. The normalized spacial score (nSPS) is 13.5. The number of esters is 2. The molecule has 0 saturated carbocycles. The van der Waals surface area contributed by atoms with Gasteiger partial charge in [0, 0.05) is 12.8 Å². The van der Waals surface area contributed by atoms with Crippen LogP contribution in [0.2, 0.25) is 0 Å². The molecule has 2 atom stereocenters. The van der Waals surface area contributed by atoms with E-state index in [1.54, 1.807) is 0 Å². The molecule has 0 aromatic heterocycles. The number of hydrogen-bond donors (Lipinski definition) is 0. The summed E-state index contributed by atoms with van der Waals surface area (Å²) in [6.07, 6.45) is 75.8. The van der Waals surface area contributed by atoms with Crippen molar-refractivity contribution in [2.24, 2.45) is 0 Å². The lowest BCUT2D eigenvalue weighted by Gasteiger charge is -2.26. The minimum Gasteiger partial charge on any atom is -0.545 e. The van der Waals surface area contributed by atoms with E-state index in [-0.39, 0.29) is 32.2 Å². The molecule has 0 fully saturated rings. The Balaban J connectivity index is 4.10. The molecule has 9 nitrogen and oxygen atoms in total. The number of likely N-dealkylation sites (N-methyl/N-ethyl adjacent to an activating group) is 1. The van der Waals surface area contributed by atoms with Gasteiger partial charge in [0.1, 0.15) is 13.2 Å². The van der Waals surface area contributed by atoms with Crippen LogP contribution < -0.4 is 5.11 Å². The Morgan fingerprint density at radius 2 is 0.750 bits per heavy atom. The monoisotopic (exact) mass is 1060 g/mol. The third kappa shape index (κ3) is 57.7. The van der Waals surface area contributed by atoms with E-state index in [1.165, 1.54) is 103 Å². The summed E-state index contributed by atoms with van der Waals surface area (Å²) >= 11 is 0. The van der Waals surface area contributed by atoms with Crippen molar-refractivity contribution in [3.63, 3.8) is 0 Å². The van der Waals surface area contributed by atoms with E-state index in [4.69, 9.17) is 18.9 Å². The SMILES string of the molecule is CC/C=C\C/C=C\C/C=C\C/C=C\C/C=C\C/C=C\C/C=C\C/C=C\C/C=C\CCCCCCCCCCCCCC(=O)OC(COC(=O)CCCCCCCCCCCCCC)COC(OCC[N+](C)(C)C)C(=O)[O-]. The number of carbonyl (C=O) groups is 3. The summed E-state index contributed by atoms with van der Waals surface area (Å²) in [7, 11) is 5.91. The molecule has 2 unspecified atom stereocenters. The molecule has 0 amide bonds. The van der Waals surface area contributed by atoms with Gasteiger partial charge in [-0.25, -0.2) is 0 Å². The van der Waals surface area contributed by atoms with E-state index >= 15 is 0 Å². The number of ether oxygens (including phenoxy) is 4. The molecule has 0 saturated heterocycles. The lowest BCUT2D eigenvalue weighted by atomic mass is 10.0. The van der Waals surface area contributed by atoms with Gasteiger partial charge in [-0.3, -0.25) is 9.59 Å². The van der Waals surface area contributed by atoms with Crippen LogP contribution in [0, 0.1) is 0 Å². The molecule has 434 valence electrons. The van der Waals surface area contributed by atoms with E-state index in [0.29, 0.717) is 23.9 Å². The van der Waals surface area contributed by atoms with Gasteiger partial charge in [-0.1, -0.05) is 252 Å². The number of aliphatic carboxylic acids is 1. The molecule has 0 aromatic rings. The number of unbranched alkanes of at least 4 members (excludes halogenated alkanes) is 22. The van der Waals surface area contributed by atoms with Crippen LogP contribution in [0.5, 0.6) is 0 Å². The highest BCUT2D eigenvalue weighted by Crippen LogP contribution is 2.16. The van der Waals surface area contributed by atoms with Gasteiger partial charge in [0.05, 0.1) is 40.3 Å². The van der Waals surface area contributed by atoms with Gasteiger partial charge in [-0.15, -0.1) is 0 Å². The number of hydrogen-bond acceptors (Lipinski definition) is 8. The molecule has 0 heterocycles. The zero-order chi connectivity index (χ0) is 55.5. The van der Waals surface area contributed by atoms with Gasteiger partial charge in [-0.2, -0.15) is 0 Å². The van der Waals surface area contributed by atoms with Gasteiger partial charge in [0.25, 0.3) is 0 Å². The van der Waals surface area contributed by atoms with Crippen LogP contribution in [0.15, 0.2) is 109 Å². The summed E-state index contributed by atoms with van der Waals surface area (Å²) < 4.78 is 22.7. The van der Waals surface area contributed by atoms with Gasteiger partial charge in [0.2, 0.25) is 0 Å². The van der Waals surface area contributed by atoms with Crippen LogP contribution in [0.25, 0.3) is 0 Å². The van der Waals surface area contributed by atoms with E-state index < -0.39 is 24.3 Å². The topological polar surface area (TPSA) is 111 Å². The van der Waals surface area contributed by atoms with Crippen molar-refractivity contribution in [3.8, 4) is 0 Å². The van der Waals surface area contributed by atoms with Gasteiger partial charge in [0.15, 0.2) is 12.4 Å². The van der Waals surface area contributed by atoms with Crippen molar-refractivity contribution in [2.45, 2.75) is 251 Å². The fourth-order valence-electron chi connectivity index (χ4n) is 8.12. The Bertz CT molecular complexity index is 1610. The van der Waals surface area contributed by atoms with Gasteiger partial charge >= 0.3 is 11.9 Å². The molecule has 76 heavy (non-hydrogen) atoms. The van der Waals surface area contributed by atoms with E-state index in [0.717, 1.165) is 103 Å². The molecular formula is C67H113NO8. The van der Waals surface area contributed by atoms with Crippen molar-refractivity contribution >= 4 is 17.9 Å². The average molecular weight is 1060 g/mol. The predicted molar refractivity (Wildman–Crippen MR) is 320 cm³/mol. The maximum atomic E-state index is 12.9. The van der Waals surface area contributed by atoms with Gasteiger partial charge in [-0.05, 0) is 83.5 Å². The maximum absolute atomic E-state index is 12.9. The first-order valence-corrected chi connectivity index (χ1v) is 30.5. The zero-order valence-electron chi connectivity index (χ0n) is 49.3. The molecule has 0 aromatic carbocycles. The minimum atomic E-state index is -1.62. The first-order valence-electron chi connectivity index (χ1n) is 30.5. The second-order valence-electron chi connectivity index (χ2n) is 21.3. The number of allylic oxidation sites excluding steroid dienone is 18. The Hall–Kier alpha value is -4.05. The average Bonchev–Trinajstić information content (AvgIpc) is 3.39. The Morgan fingerprint density at radius 1 is 0.408 bits per heavy atom. The van der Waals surface area contributed by atoms with E-state index in [9.17, 15) is 19.5 Å². The lowest BCUT2D eigenvalue weighted by molar-refractivity contribution is -0.870. The van der Waals surface area contributed by atoms with E-state index in [1.807, 2.05) is 21.1 Å². The van der Waals surface area contributed by atoms with Gasteiger partial charge < -0.3 is 33.3 Å². The summed E-state index contributed by atoms with van der Waals surface area (Å²) in [5.41, 5.74) is 0. The van der Waals surface area contributed by atoms with Crippen molar-refractivity contribution in [2.75, 3.05) is 47.5 Å². The Morgan fingerprint density at radius 3 is 1.12 bits per heavy atom. The third-order valence-electron chi connectivity index (χ3n) is 12.8. The maximum Gasteiger partial charge on any atom is 0.306 e. The van der Waals surface area contributed by atoms with Crippen LogP contribution in [0.1, 0.15) is 239 Å². The van der Waals surface area contributed by atoms with Crippen molar-refractivity contribution in [1.82, 2.24) is 0 Å². The molecule has 9 heteroatoms. The summed E-state index contributed by atoms with van der Waals surface area (Å²) in [5.74, 6) is -2.29. The lowest BCUT2D eigenvalue weighted by Crippen LogP contribution is -2.44. The minimum absolute atomic E-state index is 0.144. The van der Waals surface area contributed by atoms with Crippen molar-refractivity contribution < 1.29 is 42.9 Å². The molecule has 0 aliphatic heterocycles. The highest BCUT2D eigenvalue weighted by atomic mass is 16.7. The standard InChI is InChI=1S/C67H113NO8/c1-6-8-10-12-14-16-18-20-21-22-23-24-25-26-27-28-29-30-31-32-33-34-35-36-37-38-39-40-41-42-43-44-45-46-48-50-52-54-56-58-65(70)76-63(62-75-67(66(71)72)73-60-59-68(3,4)5)61-74-64(69)57-55-53-51-49-47-19-17-15-13-11-9-7-2/h8,10,14,16,20-21,23-24,26-27,29-30,32-33,35-36,38-39,63,67H,6-7,9,11-13,15,17-19,22,25,28,31,34,37,40-62H2,1-5H3/b10-8-,16-14-,21-20-,24-23-,27-26-,30-29-,33-32-,36-35-,39-38-. The fraction of sp³-hybridized carbons (Fsp3) is 0.687. The summed E-state index contributed by atoms with van der Waals surface area (Å²) in [4.78, 5) is 37.2. The summed E-state index contributed by atoms with van der Waals surface area (Å²) in [6, 6.07) is 0. The molecule has 0 rings (SSSR count). The third-order valence-corrected chi connectivity index (χ3v) is 12.8. The highest BCUT2D eigenvalue weighted by molar-refractivity contribution is 5.70. The Kier molecular flexibility index (Phi) is 54.1. The molecule has 0 bridgehead atoms. The van der Waals surface area contributed by atoms with Crippen molar-refractivity contribution in [1.29, 1.82) is 0 Å². The first kappa shape index (κ1) is 72.0.